The molecule has 1 amide bonds. The molecule has 1 aliphatic carbocycles. The van der Waals surface area contributed by atoms with Gasteiger partial charge in [0.2, 0.25) is 0 Å². The SMILES string of the molecule is COc1ccc(/C=C2\CCC[C@H]3C2=NN(C(=O)[C@H](C)Cl)[C@@H]3c2ccc(OC)cc2)cc1. The number of fused-ring (bicyclic) bond motifs is 1. The third kappa shape index (κ3) is 4.33. The lowest BCUT2D eigenvalue weighted by atomic mass is 9.77. The van der Waals surface area contributed by atoms with E-state index >= 15 is 0 Å². The largest absolute Gasteiger partial charge is 0.497 e. The summed E-state index contributed by atoms with van der Waals surface area (Å²) in [5, 5.41) is 5.80. The minimum atomic E-state index is -0.640. The van der Waals surface area contributed by atoms with Crippen LogP contribution in [0.4, 0.5) is 0 Å². The smallest absolute Gasteiger partial charge is 0.261 e. The number of carbonyl (C=O) groups excluding carboxylic acids is 1. The third-order valence-corrected chi connectivity index (χ3v) is 6.17. The van der Waals surface area contributed by atoms with Gasteiger partial charge in [0.1, 0.15) is 16.9 Å². The molecule has 1 fully saturated rings. The number of benzene rings is 2. The van der Waals surface area contributed by atoms with Crippen LogP contribution in [0.1, 0.15) is 43.4 Å². The van der Waals surface area contributed by atoms with E-state index in [1.54, 1.807) is 26.2 Å². The number of rotatable bonds is 5. The van der Waals surface area contributed by atoms with E-state index in [2.05, 4.69) is 6.08 Å². The monoisotopic (exact) mass is 438 g/mol. The summed E-state index contributed by atoms with van der Waals surface area (Å²) in [5.74, 6) is 1.59. The van der Waals surface area contributed by atoms with Crippen LogP contribution in [-0.4, -0.2) is 36.2 Å². The first kappa shape index (κ1) is 21.4. The molecule has 2 aromatic rings. The van der Waals surface area contributed by atoms with Gasteiger partial charge in [0, 0.05) is 5.92 Å². The second kappa shape index (κ2) is 9.15. The highest BCUT2D eigenvalue weighted by Gasteiger charge is 2.44. The molecule has 0 saturated heterocycles. The van der Waals surface area contributed by atoms with Crippen LogP contribution in [0.3, 0.4) is 0 Å². The molecule has 0 aromatic heterocycles. The van der Waals surface area contributed by atoms with Crippen LogP contribution in [0, 0.1) is 5.92 Å². The van der Waals surface area contributed by atoms with E-state index in [9.17, 15) is 4.79 Å². The Morgan fingerprint density at radius 3 is 2.29 bits per heavy atom. The van der Waals surface area contributed by atoms with Gasteiger partial charge >= 0.3 is 0 Å². The predicted molar refractivity (Wildman–Crippen MR) is 124 cm³/mol. The molecule has 1 aliphatic heterocycles. The Labute approximate surface area is 188 Å². The van der Waals surface area contributed by atoms with Crippen LogP contribution in [0.5, 0.6) is 11.5 Å². The maximum absolute atomic E-state index is 13.0. The summed E-state index contributed by atoms with van der Waals surface area (Å²) in [5.41, 5.74) is 4.31. The van der Waals surface area contributed by atoms with Gasteiger partial charge in [-0.2, -0.15) is 5.10 Å². The van der Waals surface area contributed by atoms with Crippen molar-refractivity contribution in [3.8, 4) is 11.5 Å². The fourth-order valence-electron chi connectivity index (χ4n) is 4.40. The Bertz CT molecular complexity index is 996. The molecule has 0 spiro atoms. The molecule has 1 heterocycles. The molecule has 0 bridgehead atoms. The summed E-state index contributed by atoms with van der Waals surface area (Å²) < 4.78 is 10.6. The lowest BCUT2D eigenvalue weighted by Crippen LogP contribution is -2.35. The first-order valence-corrected chi connectivity index (χ1v) is 11.0. The number of hydrazone groups is 1. The fraction of sp³-hybridized carbons (Fsp3) is 0.360. The van der Waals surface area contributed by atoms with Gasteiger partial charge in [-0.05, 0) is 73.2 Å². The highest BCUT2D eigenvalue weighted by molar-refractivity contribution is 6.30. The van der Waals surface area contributed by atoms with Crippen LogP contribution in [0.15, 0.2) is 59.2 Å². The molecule has 0 radical (unpaired) electrons. The van der Waals surface area contributed by atoms with E-state index in [1.165, 1.54) is 5.57 Å². The van der Waals surface area contributed by atoms with Gasteiger partial charge in [-0.25, -0.2) is 5.01 Å². The summed E-state index contributed by atoms with van der Waals surface area (Å²) in [6.45, 7) is 1.70. The number of ether oxygens (including phenoxy) is 2. The number of carbonyl (C=O) groups is 1. The first-order chi connectivity index (χ1) is 15.0. The average molecular weight is 439 g/mol. The fourth-order valence-corrected chi connectivity index (χ4v) is 4.50. The average Bonchev–Trinajstić information content (AvgIpc) is 3.19. The van der Waals surface area contributed by atoms with Crippen molar-refractivity contribution >= 4 is 29.3 Å². The number of methoxy groups -OCH3 is 2. The third-order valence-electron chi connectivity index (χ3n) is 5.98. The zero-order valence-electron chi connectivity index (χ0n) is 18.0. The van der Waals surface area contributed by atoms with Crippen LogP contribution in [-0.2, 0) is 4.79 Å². The highest BCUT2D eigenvalue weighted by Crippen LogP contribution is 2.45. The Morgan fingerprint density at radius 2 is 1.71 bits per heavy atom. The number of alkyl halides is 1. The molecular formula is C25H27ClN2O3. The van der Waals surface area contributed by atoms with Gasteiger partial charge in [-0.1, -0.05) is 24.3 Å². The van der Waals surface area contributed by atoms with Crippen molar-refractivity contribution in [1.29, 1.82) is 0 Å². The standard InChI is InChI=1S/C25H27ClN2O3/c1-16(26)25(29)28-24(18-9-13-21(31-3)14-10-18)22-6-4-5-19(23(22)27-28)15-17-7-11-20(30-2)12-8-17/h7-16,22,24H,4-6H2,1-3H3/b19-15+/t16-,22-,24+/m0/s1. The molecule has 2 aliphatic rings. The molecule has 5 nitrogen and oxygen atoms in total. The van der Waals surface area contributed by atoms with Gasteiger partial charge in [0.05, 0.1) is 26.0 Å². The van der Waals surface area contributed by atoms with Crippen molar-refractivity contribution in [1.82, 2.24) is 5.01 Å². The Balaban J connectivity index is 1.71. The summed E-state index contributed by atoms with van der Waals surface area (Å²) in [7, 11) is 3.31. The number of hydrogen-bond acceptors (Lipinski definition) is 4. The second-order valence-corrected chi connectivity index (χ2v) is 8.60. The minimum absolute atomic E-state index is 0.144. The van der Waals surface area contributed by atoms with Crippen molar-refractivity contribution in [3.63, 3.8) is 0 Å². The zero-order chi connectivity index (χ0) is 22.0. The van der Waals surface area contributed by atoms with Crippen LogP contribution in [0.25, 0.3) is 6.08 Å². The maximum Gasteiger partial charge on any atom is 0.261 e. The van der Waals surface area contributed by atoms with E-state index in [1.807, 2.05) is 48.5 Å². The van der Waals surface area contributed by atoms with Crippen molar-refractivity contribution < 1.29 is 14.3 Å². The maximum atomic E-state index is 13.0. The lowest BCUT2D eigenvalue weighted by Gasteiger charge is -2.30. The predicted octanol–water partition coefficient (Wildman–Crippen LogP) is 5.45. The van der Waals surface area contributed by atoms with Gasteiger partial charge in [0.25, 0.3) is 5.91 Å². The quantitative estimate of drug-likeness (QED) is 0.583. The highest BCUT2D eigenvalue weighted by atomic mass is 35.5. The normalized spacial score (nSPS) is 22.6. The second-order valence-electron chi connectivity index (χ2n) is 7.94. The van der Waals surface area contributed by atoms with Gasteiger partial charge in [-0.3, -0.25) is 4.79 Å². The molecule has 0 N–H and O–H groups in total. The van der Waals surface area contributed by atoms with Crippen LogP contribution >= 0.6 is 11.6 Å². The number of halogens is 1. The summed E-state index contributed by atoms with van der Waals surface area (Å²) in [6, 6.07) is 15.7. The molecule has 6 heteroatoms. The summed E-state index contributed by atoms with van der Waals surface area (Å²) in [4.78, 5) is 13.0. The van der Waals surface area contributed by atoms with E-state index in [4.69, 9.17) is 26.2 Å². The van der Waals surface area contributed by atoms with E-state index in [-0.39, 0.29) is 17.9 Å². The van der Waals surface area contributed by atoms with Crippen molar-refractivity contribution in [2.75, 3.05) is 14.2 Å². The topological polar surface area (TPSA) is 51.1 Å². The molecule has 2 aromatic carbocycles. The Kier molecular flexibility index (Phi) is 6.33. The minimum Gasteiger partial charge on any atom is -0.497 e. The molecule has 4 rings (SSSR count). The van der Waals surface area contributed by atoms with Crippen LogP contribution < -0.4 is 9.47 Å². The van der Waals surface area contributed by atoms with Crippen molar-refractivity contribution in [3.05, 3.63) is 65.2 Å². The van der Waals surface area contributed by atoms with Gasteiger partial charge in [0.15, 0.2) is 0 Å². The molecule has 1 saturated carbocycles. The Morgan fingerprint density at radius 1 is 1.10 bits per heavy atom. The van der Waals surface area contributed by atoms with E-state index < -0.39 is 5.38 Å². The summed E-state index contributed by atoms with van der Waals surface area (Å²) in [6.07, 6.45) is 5.15. The molecule has 31 heavy (non-hydrogen) atoms. The Hall–Kier alpha value is -2.79. The number of nitrogens with zero attached hydrogens (tertiary/aromatic N) is 2. The molecule has 162 valence electrons. The van der Waals surface area contributed by atoms with E-state index in [0.29, 0.717) is 0 Å². The lowest BCUT2D eigenvalue weighted by molar-refractivity contribution is -0.132. The number of amides is 1. The van der Waals surface area contributed by atoms with Crippen molar-refractivity contribution in [2.24, 2.45) is 11.0 Å². The van der Waals surface area contributed by atoms with Gasteiger partial charge < -0.3 is 9.47 Å². The first-order valence-electron chi connectivity index (χ1n) is 10.6. The van der Waals surface area contributed by atoms with Gasteiger partial charge in [-0.15, -0.1) is 11.6 Å². The molecule has 0 unspecified atom stereocenters. The number of allylic oxidation sites excluding steroid dienone is 1. The van der Waals surface area contributed by atoms with Crippen LogP contribution in [0.2, 0.25) is 0 Å². The van der Waals surface area contributed by atoms with E-state index in [0.717, 1.165) is 47.6 Å². The zero-order valence-corrected chi connectivity index (χ0v) is 18.8. The number of hydrogen-bond donors (Lipinski definition) is 0. The summed E-state index contributed by atoms with van der Waals surface area (Å²) >= 11 is 6.19. The molecular weight excluding hydrogens is 412 g/mol. The van der Waals surface area contributed by atoms with Crippen molar-refractivity contribution in [2.45, 2.75) is 37.6 Å². The molecule has 3 atom stereocenters.